The lowest BCUT2D eigenvalue weighted by Crippen LogP contribution is -2.41. The number of amides is 2. The highest BCUT2D eigenvalue weighted by atomic mass is 19.1. The van der Waals surface area contributed by atoms with Gasteiger partial charge in [-0.05, 0) is 48.9 Å². The van der Waals surface area contributed by atoms with E-state index >= 15 is 0 Å². The predicted molar refractivity (Wildman–Crippen MR) is 70.2 cm³/mol. The van der Waals surface area contributed by atoms with Gasteiger partial charge >= 0.3 is 6.03 Å². The van der Waals surface area contributed by atoms with E-state index < -0.39 is 23.8 Å². The molecule has 1 saturated carbocycles. The number of urea groups is 1. The zero-order valence-corrected chi connectivity index (χ0v) is 11.0. The second-order valence-corrected chi connectivity index (χ2v) is 5.03. The first-order valence-corrected chi connectivity index (χ1v) is 6.70. The number of carbonyl (C=O) groups excluding carboxylic acids is 1. The van der Waals surface area contributed by atoms with E-state index in [1.807, 2.05) is 0 Å². The average molecular weight is 284 g/mol. The Bertz CT molecular complexity index is 478. The fourth-order valence-electron chi connectivity index (χ4n) is 1.95. The number of benzene rings is 1. The Morgan fingerprint density at radius 1 is 1.35 bits per heavy atom. The van der Waals surface area contributed by atoms with Crippen LogP contribution in [0, 0.1) is 17.6 Å². The van der Waals surface area contributed by atoms with Crippen molar-refractivity contribution in [1.29, 1.82) is 0 Å². The van der Waals surface area contributed by atoms with Gasteiger partial charge in [0.15, 0.2) is 0 Å². The van der Waals surface area contributed by atoms with Crippen LogP contribution in [0.15, 0.2) is 18.2 Å². The summed E-state index contributed by atoms with van der Waals surface area (Å²) in [6, 6.07) is 2.82. The molecule has 0 radical (unpaired) electrons. The van der Waals surface area contributed by atoms with Crippen molar-refractivity contribution in [3.8, 4) is 0 Å². The fourth-order valence-corrected chi connectivity index (χ4v) is 1.95. The Labute approximate surface area is 116 Å². The summed E-state index contributed by atoms with van der Waals surface area (Å²) in [7, 11) is 0. The molecule has 2 rings (SSSR count). The maximum absolute atomic E-state index is 13.3. The number of rotatable bonds is 6. The van der Waals surface area contributed by atoms with Crippen molar-refractivity contribution in [2.24, 2.45) is 5.92 Å². The molecule has 0 aliphatic heterocycles. The van der Waals surface area contributed by atoms with E-state index in [1.165, 1.54) is 0 Å². The minimum Gasteiger partial charge on any atom is -0.391 e. The van der Waals surface area contributed by atoms with Crippen LogP contribution in [-0.2, 0) is 6.42 Å². The molecule has 3 N–H and O–H groups in total. The summed E-state index contributed by atoms with van der Waals surface area (Å²) in [5, 5.41) is 14.7. The molecule has 0 unspecified atom stereocenters. The van der Waals surface area contributed by atoms with Crippen LogP contribution in [-0.4, -0.2) is 30.3 Å². The summed E-state index contributed by atoms with van der Waals surface area (Å²) < 4.78 is 26.2. The number of aliphatic hydroxyl groups excluding tert-OH is 1. The third-order valence-electron chi connectivity index (χ3n) is 3.33. The van der Waals surface area contributed by atoms with Gasteiger partial charge < -0.3 is 15.7 Å². The maximum atomic E-state index is 13.3. The third kappa shape index (κ3) is 4.45. The Kier molecular flexibility index (Phi) is 4.89. The summed E-state index contributed by atoms with van der Waals surface area (Å²) in [6.07, 6.45) is 1.72. The second kappa shape index (κ2) is 6.65. The molecule has 0 heterocycles. The Morgan fingerprint density at radius 2 is 2.10 bits per heavy atom. The Morgan fingerprint density at radius 3 is 2.80 bits per heavy atom. The van der Waals surface area contributed by atoms with E-state index in [0.29, 0.717) is 5.92 Å². The van der Waals surface area contributed by atoms with Crippen LogP contribution >= 0.6 is 0 Å². The topological polar surface area (TPSA) is 61.4 Å². The van der Waals surface area contributed by atoms with Gasteiger partial charge in [-0.1, -0.05) is 0 Å². The first-order valence-electron chi connectivity index (χ1n) is 6.70. The van der Waals surface area contributed by atoms with Crippen LogP contribution < -0.4 is 10.6 Å². The summed E-state index contributed by atoms with van der Waals surface area (Å²) in [5.41, 5.74) is 0.225. The van der Waals surface area contributed by atoms with Crippen LogP contribution in [0.4, 0.5) is 13.6 Å². The van der Waals surface area contributed by atoms with Gasteiger partial charge in [-0.3, -0.25) is 0 Å². The lowest BCUT2D eigenvalue weighted by molar-refractivity contribution is 0.149. The first kappa shape index (κ1) is 14.7. The van der Waals surface area contributed by atoms with Gasteiger partial charge in [-0.15, -0.1) is 0 Å². The zero-order valence-electron chi connectivity index (χ0n) is 11.0. The van der Waals surface area contributed by atoms with Crippen LogP contribution in [0.5, 0.6) is 0 Å². The maximum Gasteiger partial charge on any atom is 0.314 e. The SMILES string of the molecule is O=C(NCCc1cc(F)ccc1F)NC[C@H](O)C1CC1. The molecular weight excluding hydrogens is 266 g/mol. The highest BCUT2D eigenvalue weighted by Crippen LogP contribution is 2.32. The number of nitrogens with one attached hydrogen (secondary N) is 2. The monoisotopic (exact) mass is 284 g/mol. The van der Waals surface area contributed by atoms with E-state index in [9.17, 15) is 18.7 Å². The largest absolute Gasteiger partial charge is 0.391 e. The van der Waals surface area contributed by atoms with Gasteiger partial charge in [0.25, 0.3) is 0 Å². The molecule has 1 atom stereocenters. The van der Waals surface area contributed by atoms with Crippen molar-refractivity contribution >= 4 is 6.03 Å². The van der Waals surface area contributed by atoms with Crippen LogP contribution in [0.3, 0.4) is 0 Å². The van der Waals surface area contributed by atoms with Crippen molar-refractivity contribution in [2.75, 3.05) is 13.1 Å². The number of aliphatic hydroxyl groups is 1. The number of carbonyl (C=O) groups is 1. The molecule has 6 heteroatoms. The lowest BCUT2D eigenvalue weighted by Gasteiger charge is -2.11. The summed E-state index contributed by atoms with van der Waals surface area (Å²) in [6.45, 7) is 0.413. The molecule has 0 saturated heterocycles. The Hall–Kier alpha value is -1.69. The van der Waals surface area contributed by atoms with Gasteiger partial charge in [-0.25, -0.2) is 13.6 Å². The van der Waals surface area contributed by atoms with Crippen LogP contribution in [0.2, 0.25) is 0 Å². The molecule has 4 nitrogen and oxygen atoms in total. The van der Waals surface area contributed by atoms with Crippen molar-refractivity contribution < 1.29 is 18.7 Å². The molecule has 1 fully saturated rings. The molecule has 110 valence electrons. The van der Waals surface area contributed by atoms with E-state index in [0.717, 1.165) is 31.0 Å². The summed E-state index contributed by atoms with van der Waals surface area (Å²) in [4.78, 5) is 11.4. The van der Waals surface area contributed by atoms with E-state index in [-0.39, 0.29) is 25.1 Å². The van der Waals surface area contributed by atoms with Crippen molar-refractivity contribution in [3.63, 3.8) is 0 Å². The van der Waals surface area contributed by atoms with E-state index in [1.54, 1.807) is 0 Å². The number of hydrogen-bond acceptors (Lipinski definition) is 2. The highest BCUT2D eigenvalue weighted by Gasteiger charge is 2.29. The van der Waals surface area contributed by atoms with Crippen molar-refractivity contribution in [3.05, 3.63) is 35.4 Å². The second-order valence-electron chi connectivity index (χ2n) is 5.03. The van der Waals surface area contributed by atoms with Crippen molar-refractivity contribution in [2.45, 2.75) is 25.4 Å². The van der Waals surface area contributed by atoms with E-state index in [4.69, 9.17) is 0 Å². The van der Waals surface area contributed by atoms with Gasteiger partial charge in [0.2, 0.25) is 0 Å². The molecule has 0 bridgehead atoms. The van der Waals surface area contributed by atoms with Gasteiger partial charge in [0.05, 0.1) is 6.10 Å². The van der Waals surface area contributed by atoms with E-state index in [2.05, 4.69) is 10.6 Å². The smallest absolute Gasteiger partial charge is 0.314 e. The molecule has 2 amide bonds. The van der Waals surface area contributed by atoms with Crippen molar-refractivity contribution in [1.82, 2.24) is 10.6 Å². The molecule has 1 aromatic rings. The zero-order chi connectivity index (χ0) is 14.5. The highest BCUT2D eigenvalue weighted by molar-refractivity contribution is 5.73. The quantitative estimate of drug-likeness (QED) is 0.742. The molecule has 0 spiro atoms. The minimum atomic E-state index is -0.501. The molecule has 0 aromatic heterocycles. The first-order chi connectivity index (χ1) is 9.56. The Balaban J connectivity index is 1.66. The minimum absolute atomic E-state index is 0.200. The molecule has 1 aliphatic rings. The van der Waals surface area contributed by atoms with Crippen LogP contribution in [0.1, 0.15) is 18.4 Å². The molecular formula is C14H18F2N2O2. The molecule has 1 aromatic carbocycles. The van der Waals surface area contributed by atoms with Gasteiger partial charge in [0, 0.05) is 13.1 Å². The third-order valence-corrected chi connectivity index (χ3v) is 3.33. The van der Waals surface area contributed by atoms with Gasteiger partial charge in [0.1, 0.15) is 11.6 Å². The standard InChI is InChI=1S/C14H18F2N2O2/c15-11-3-4-12(16)10(7-11)5-6-17-14(20)18-8-13(19)9-1-2-9/h3-4,7,9,13,19H,1-2,5-6,8H2,(H2,17,18,20)/t13-/m0/s1. The summed E-state index contributed by atoms with van der Waals surface area (Å²) >= 11 is 0. The lowest BCUT2D eigenvalue weighted by atomic mass is 10.1. The molecule has 20 heavy (non-hydrogen) atoms. The summed E-state index contributed by atoms with van der Waals surface area (Å²) in [5.74, 6) is -0.687. The van der Waals surface area contributed by atoms with Crippen LogP contribution in [0.25, 0.3) is 0 Å². The van der Waals surface area contributed by atoms with Gasteiger partial charge in [-0.2, -0.15) is 0 Å². The normalized spacial score (nSPS) is 15.8. The molecule has 1 aliphatic carbocycles. The predicted octanol–water partition coefficient (Wildman–Crippen LogP) is 1.58. The number of halogens is 2. The number of hydrogen-bond donors (Lipinski definition) is 3. The average Bonchev–Trinajstić information content (AvgIpc) is 3.24. The fraction of sp³-hybridized carbons (Fsp3) is 0.500.